The largest absolute Gasteiger partial charge is 0.130 e. The standard InChI is InChI=1S/2C8H10S.2C2H6/c1-7-3-5-8(9-2)6-4-7;1-7-4-3-5-8(6-7)9-2;2*1-2/h2*3-6H,1-2H3;2*1-2H3. The molecule has 0 N–H and O–H groups in total. The van der Waals surface area contributed by atoms with Gasteiger partial charge >= 0.3 is 0 Å². The van der Waals surface area contributed by atoms with Crippen molar-refractivity contribution in [3.8, 4) is 0 Å². The molecule has 0 saturated heterocycles. The summed E-state index contributed by atoms with van der Waals surface area (Å²) in [5.41, 5.74) is 2.66. The fraction of sp³-hybridized carbons (Fsp3) is 0.400. The number of thioether (sulfide) groups is 2. The van der Waals surface area contributed by atoms with Crippen molar-refractivity contribution in [3.05, 3.63) is 59.7 Å². The summed E-state index contributed by atoms with van der Waals surface area (Å²) in [6, 6.07) is 17.0. The predicted octanol–water partition coefficient (Wildman–Crippen LogP) is 7.49. The Morgan fingerprint density at radius 2 is 1.09 bits per heavy atom. The van der Waals surface area contributed by atoms with Crippen LogP contribution in [0, 0.1) is 13.8 Å². The topological polar surface area (TPSA) is 0 Å². The smallest absolute Gasteiger partial charge is 0.00717 e. The molecule has 0 fully saturated rings. The molecule has 22 heavy (non-hydrogen) atoms. The Balaban J connectivity index is 0. The van der Waals surface area contributed by atoms with Crippen molar-refractivity contribution >= 4 is 23.5 Å². The Kier molecular flexibility index (Phi) is 17.6. The Hall–Kier alpha value is -0.860. The van der Waals surface area contributed by atoms with Crippen LogP contribution >= 0.6 is 23.5 Å². The van der Waals surface area contributed by atoms with Gasteiger partial charge in [-0.25, -0.2) is 0 Å². The maximum atomic E-state index is 2.19. The van der Waals surface area contributed by atoms with Crippen molar-refractivity contribution in [1.29, 1.82) is 0 Å². The lowest BCUT2D eigenvalue weighted by Crippen LogP contribution is -1.71. The molecule has 0 atom stereocenters. The summed E-state index contributed by atoms with van der Waals surface area (Å²) in [6.07, 6.45) is 4.18. The molecule has 0 nitrogen and oxygen atoms in total. The van der Waals surface area contributed by atoms with E-state index in [0.717, 1.165) is 0 Å². The third kappa shape index (κ3) is 11.8. The predicted molar refractivity (Wildman–Crippen MR) is 109 cm³/mol. The van der Waals surface area contributed by atoms with Crippen molar-refractivity contribution in [2.75, 3.05) is 12.5 Å². The van der Waals surface area contributed by atoms with Gasteiger partial charge in [0.2, 0.25) is 0 Å². The Morgan fingerprint density at radius 3 is 1.45 bits per heavy atom. The molecule has 0 aliphatic rings. The number of rotatable bonds is 2. The monoisotopic (exact) mass is 336 g/mol. The second-order valence-electron chi connectivity index (χ2n) is 4.04. The molecule has 2 aromatic carbocycles. The first-order chi connectivity index (χ1) is 10.7. The minimum atomic E-state index is 1.33. The van der Waals surface area contributed by atoms with E-state index in [1.807, 2.05) is 27.7 Å². The van der Waals surface area contributed by atoms with E-state index in [0.29, 0.717) is 0 Å². The molecule has 0 radical (unpaired) electrons. The number of aryl methyl sites for hydroxylation is 2. The molecule has 124 valence electrons. The lowest BCUT2D eigenvalue weighted by atomic mass is 10.2. The first-order valence-electron chi connectivity index (χ1n) is 7.87. The molecule has 2 heteroatoms. The van der Waals surface area contributed by atoms with Gasteiger partial charge in [0, 0.05) is 9.79 Å². The zero-order valence-corrected chi connectivity index (χ0v) is 17.1. The molecule has 0 unspecified atom stereocenters. The minimum Gasteiger partial charge on any atom is -0.130 e. The van der Waals surface area contributed by atoms with Crippen molar-refractivity contribution in [2.24, 2.45) is 0 Å². The molecule has 0 aromatic heterocycles. The van der Waals surface area contributed by atoms with Crippen LogP contribution in [0.5, 0.6) is 0 Å². The Labute approximate surface area is 147 Å². The van der Waals surface area contributed by atoms with Crippen LogP contribution in [0.4, 0.5) is 0 Å². The van der Waals surface area contributed by atoms with Crippen molar-refractivity contribution in [2.45, 2.75) is 51.3 Å². The van der Waals surface area contributed by atoms with Crippen molar-refractivity contribution in [1.82, 2.24) is 0 Å². The second-order valence-corrected chi connectivity index (χ2v) is 5.80. The third-order valence-corrected chi connectivity index (χ3v) is 3.95. The normalized spacial score (nSPS) is 8.36. The van der Waals surface area contributed by atoms with Crippen LogP contribution in [-0.4, -0.2) is 12.5 Å². The third-order valence-electron chi connectivity index (χ3n) is 2.48. The van der Waals surface area contributed by atoms with Gasteiger partial charge in [0.15, 0.2) is 0 Å². The maximum Gasteiger partial charge on any atom is 0.00717 e. The van der Waals surface area contributed by atoms with Crippen LogP contribution in [0.1, 0.15) is 38.8 Å². The molecule has 0 amide bonds. The highest BCUT2D eigenvalue weighted by Gasteiger charge is 1.86. The van der Waals surface area contributed by atoms with E-state index in [1.165, 1.54) is 20.9 Å². The van der Waals surface area contributed by atoms with Gasteiger partial charge in [-0.1, -0.05) is 63.1 Å². The second kappa shape index (κ2) is 16.5. The van der Waals surface area contributed by atoms with Gasteiger partial charge < -0.3 is 0 Å². The molecule has 0 heterocycles. The van der Waals surface area contributed by atoms with E-state index >= 15 is 0 Å². The highest BCUT2D eigenvalue weighted by Crippen LogP contribution is 2.14. The SMILES string of the molecule is CC.CC.CSc1ccc(C)cc1.CSc1cccc(C)c1. The van der Waals surface area contributed by atoms with Gasteiger partial charge in [-0.15, -0.1) is 23.5 Å². The quantitative estimate of drug-likeness (QED) is 0.521. The summed E-state index contributed by atoms with van der Waals surface area (Å²) >= 11 is 3.56. The molecular weight excluding hydrogens is 304 g/mol. The molecule has 2 rings (SSSR count). The fourth-order valence-corrected chi connectivity index (χ4v) is 2.34. The molecule has 0 saturated carbocycles. The van der Waals surface area contributed by atoms with Gasteiger partial charge in [-0.05, 0) is 50.6 Å². The van der Waals surface area contributed by atoms with Crippen LogP contribution in [0.2, 0.25) is 0 Å². The molecule has 0 bridgehead atoms. The van der Waals surface area contributed by atoms with Gasteiger partial charge in [0.05, 0.1) is 0 Å². The summed E-state index contributed by atoms with van der Waals surface area (Å²) in [5, 5.41) is 0. The Morgan fingerprint density at radius 1 is 0.591 bits per heavy atom. The summed E-state index contributed by atoms with van der Waals surface area (Å²) in [5.74, 6) is 0. The summed E-state index contributed by atoms with van der Waals surface area (Å²) in [4.78, 5) is 2.68. The van der Waals surface area contributed by atoms with Gasteiger partial charge in [0.25, 0.3) is 0 Å². The first kappa shape index (κ1) is 23.4. The summed E-state index contributed by atoms with van der Waals surface area (Å²) in [7, 11) is 0. The van der Waals surface area contributed by atoms with Gasteiger partial charge in [0.1, 0.15) is 0 Å². The van der Waals surface area contributed by atoms with Crippen LogP contribution in [0.3, 0.4) is 0 Å². The zero-order valence-electron chi connectivity index (χ0n) is 15.4. The van der Waals surface area contributed by atoms with Gasteiger partial charge in [-0.2, -0.15) is 0 Å². The van der Waals surface area contributed by atoms with E-state index in [2.05, 4.69) is 74.9 Å². The fourth-order valence-electron chi connectivity index (χ4n) is 1.42. The molecule has 0 aliphatic heterocycles. The van der Waals surface area contributed by atoms with E-state index in [1.54, 1.807) is 23.5 Å². The van der Waals surface area contributed by atoms with Crippen molar-refractivity contribution < 1.29 is 0 Å². The first-order valence-corrected chi connectivity index (χ1v) is 10.3. The number of hydrogen-bond donors (Lipinski definition) is 0. The highest BCUT2D eigenvalue weighted by atomic mass is 32.2. The van der Waals surface area contributed by atoms with E-state index in [-0.39, 0.29) is 0 Å². The lowest BCUT2D eigenvalue weighted by Gasteiger charge is -1.94. The van der Waals surface area contributed by atoms with E-state index in [4.69, 9.17) is 0 Å². The average molecular weight is 337 g/mol. The highest BCUT2D eigenvalue weighted by molar-refractivity contribution is 7.98. The number of benzene rings is 2. The molecule has 0 aliphatic carbocycles. The average Bonchev–Trinajstić information content (AvgIpc) is 2.60. The zero-order chi connectivity index (χ0) is 17.4. The van der Waals surface area contributed by atoms with E-state index < -0.39 is 0 Å². The lowest BCUT2D eigenvalue weighted by molar-refractivity contribution is 1.36. The maximum absolute atomic E-state index is 2.19. The van der Waals surface area contributed by atoms with Crippen LogP contribution < -0.4 is 0 Å². The van der Waals surface area contributed by atoms with Crippen LogP contribution in [0.15, 0.2) is 58.3 Å². The number of hydrogen-bond acceptors (Lipinski definition) is 2. The molecular formula is C20H32S2. The van der Waals surface area contributed by atoms with Gasteiger partial charge in [-0.3, -0.25) is 0 Å². The van der Waals surface area contributed by atoms with E-state index in [9.17, 15) is 0 Å². The Bertz CT molecular complexity index is 461. The summed E-state index contributed by atoms with van der Waals surface area (Å²) in [6.45, 7) is 12.2. The molecule has 0 spiro atoms. The van der Waals surface area contributed by atoms with Crippen molar-refractivity contribution in [3.63, 3.8) is 0 Å². The van der Waals surface area contributed by atoms with Crippen LogP contribution in [-0.2, 0) is 0 Å². The summed E-state index contributed by atoms with van der Waals surface area (Å²) < 4.78 is 0. The molecule has 2 aromatic rings. The van der Waals surface area contributed by atoms with Crippen LogP contribution in [0.25, 0.3) is 0 Å². The minimum absolute atomic E-state index is 1.33.